The number of nitrogens with zero attached hydrogens (tertiary/aromatic N) is 3. The number of halogens is 1. The van der Waals surface area contributed by atoms with Crippen LogP contribution in [0.5, 0.6) is 0 Å². The Hall–Kier alpha value is -2.15. The summed E-state index contributed by atoms with van der Waals surface area (Å²) in [6, 6.07) is 12.8. The van der Waals surface area contributed by atoms with Gasteiger partial charge in [0.15, 0.2) is 0 Å². The van der Waals surface area contributed by atoms with Crippen molar-refractivity contribution in [2.45, 2.75) is 26.0 Å². The van der Waals surface area contributed by atoms with Gasteiger partial charge in [-0.05, 0) is 30.7 Å². The summed E-state index contributed by atoms with van der Waals surface area (Å²) in [7, 11) is 0. The van der Waals surface area contributed by atoms with Gasteiger partial charge in [-0.2, -0.15) is 0 Å². The van der Waals surface area contributed by atoms with Crippen LogP contribution < -0.4 is 0 Å². The fraction of sp³-hybridized carbons (Fsp3) is 0.333. The number of rotatable bonds is 5. The molecule has 0 spiro atoms. The second kappa shape index (κ2) is 8.25. The Balaban J connectivity index is 1.45. The molecule has 2 aromatic heterocycles. The number of aromatic nitrogens is 2. The lowest BCUT2D eigenvalue weighted by atomic mass is 10.1. The third kappa shape index (κ3) is 4.58. The monoisotopic (exact) mass is 383 g/mol. The predicted molar refractivity (Wildman–Crippen MR) is 104 cm³/mol. The standard InChI is InChI=1S/C21H22FN3OS/c1-15-23-12-18(27-15)13-25-9-10-26-21(14-25)20-8-4-6-17(24-20)11-16-5-2-3-7-19(16)22/h2-8,12,21H,9-11,13-14H2,1H3. The van der Waals surface area contributed by atoms with Gasteiger partial charge in [-0.3, -0.25) is 9.88 Å². The minimum Gasteiger partial charge on any atom is -0.369 e. The molecule has 1 aliphatic heterocycles. The SMILES string of the molecule is Cc1ncc(CN2CCOC(c3cccc(Cc4ccccc4F)n3)C2)s1. The highest BCUT2D eigenvalue weighted by molar-refractivity contribution is 7.11. The van der Waals surface area contributed by atoms with Crippen LogP contribution in [0.3, 0.4) is 0 Å². The van der Waals surface area contributed by atoms with E-state index >= 15 is 0 Å². The highest BCUT2D eigenvalue weighted by atomic mass is 32.1. The van der Waals surface area contributed by atoms with Crippen molar-refractivity contribution in [1.29, 1.82) is 0 Å². The van der Waals surface area contributed by atoms with Crippen molar-refractivity contribution in [2.24, 2.45) is 0 Å². The van der Waals surface area contributed by atoms with Crippen molar-refractivity contribution in [1.82, 2.24) is 14.9 Å². The molecule has 0 radical (unpaired) electrons. The number of aryl methyl sites for hydroxylation is 1. The largest absolute Gasteiger partial charge is 0.369 e. The van der Waals surface area contributed by atoms with E-state index in [1.165, 1.54) is 10.9 Å². The van der Waals surface area contributed by atoms with Gasteiger partial charge in [-0.25, -0.2) is 9.37 Å². The Morgan fingerprint density at radius 3 is 2.93 bits per heavy atom. The van der Waals surface area contributed by atoms with Gasteiger partial charge in [0, 0.05) is 42.8 Å². The Labute approximate surface area is 162 Å². The van der Waals surface area contributed by atoms with Crippen molar-refractivity contribution in [2.75, 3.05) is 19.7 Å². The zero-order valence-electron chi connectivity index (χ0n) is 15.3. The van der Waals surface area contributed by atoms with Crippen molar-refractivity contribution in [3.63, 3.8) is 0 Å². The summed E-state index contributed by atoms with van der Waals surface area (Å²) in [5, 5.41) is 1.09. The number of hydrogen-bond donors (Lipinski definition) is 0. The van der Waals surface area contributed by atoms with E-state index < -0.39 is 0 Å². The molecule has 1 atom stereocenters. The van der Waals surface area contributed by atoms with Crippen LogP contribution in [0.25, 0.3) is 0 Å². The van der Waals surface area contributed by atoms with Crippen LogP contribution >= 0.6 is 11.3 Å². The van der Waals surface area contributed by atoms with Crippen LogP contribution in [0.4, 0.5) is 4.39 Å². The molecular weight excluding hydrogens is 361 g/mol. The normalized spacial score (nSPS) is 17.9. The van der Waals surface area contributed by atoms with Crippen molar-refractivity contribution in [3.05, 3.63) is 81.3 Å². The highest BCUT2D eigenvalue weighted by Crippen LogP contribution is 2.24. The summed E-state index contributed by atoms with van der Waals surface area (Å²) in [5.74, 6) is -0.190. The van der Waals surface area contributed by atoms with Crippen LogP contribution in [-0.4, -0.2) is 34.6 Å². The van der Waals surface area contributed by atoms with E-state index in [4.69, 9.17) is 9.72 Å². The van der Waals surface area contributed by atoms with E-state index in [0.29, 0.717) is 18.6 Å². The molecule has 0 saturated carbocycles. The Bertz CT molecular complexity index is 914. The van der Waals surface area contributed by atoms with Gasteiger partial charge < -0.3 is 4.74 Å². The molecule has 1 aromatic carbocycles. The van der Waals surface area contributed by atoms with Gasteiger partial charge in [-0.15, -0.1) is 11.3 Å². The van der Waals surface area contributed by atoms with Crippen molar-refractivity contribution in [3.8, 4) is 0 Å². The molecule has 1 fully saturated rings. The lowest BCUT2D eigenvalue weighted by molar-refractivity contribution is -0.0347. The van der Waals surface area contributed by atoms with E-state index in [-0.39, 0.29) is 11.9 Å². The maximum Gasteiger partial charge on any atom is 0.126 e. The zero-order chi connectivity index (χ0) is 18.6. The first-order valence-electron chi connectivity index (χ1n) is 9.12. The lowest BCUT2D eigenvalue weighted by Gasteiger charge is -2.32. The fourth-order valence-electron chi connectivity index (χ4n) is 3.34. The number of morpholine rings is 1. The summed E-state index contributed by atoms with van der Waals surface area (Å²) < 4.78 is 19.9. The number of benzene rings is 1. The third-order valence-corrected chi connectivity index (χ3v) is 5.58. The number of ether oxygens (including phenoxy) is 1. The molecular formula is C21H22FN3OS. The molecule has 140 valence electrons. The zero-order valence-corrected chi connectivity index (χ0v) is 16.1. The molecule has 4 rings (SSSR count). The third-order valence-electron chi connectivity index (χ3n) is 4.69. The quantitative estimate of drug-likeness (QED) is 0.663. The van der Waals surface area contributed by atoms with Crippen LogP contribution in [0, 0.1) is 12.7 Å². The topological polar surface area (TPSA) is 38.2 Å². The van der Waals surface area contributed by atoms with E-state index in [1.54, 1.807) is 23.5 Å². The molecule has 4 nitrogen and oxygen atoms in total. The van der Waals surface area contributed by atoms with E-state index in [9.17, 15) is 4.39 Å². The van der Waals surface area contributed by atoms with E-state index in [0.717, 1.165) is 36.0 Å². The summed E-state index contributed by atoms with van der Waals surface area (Å²) in [6.45, 7) is 5.30. The van der Waals surface area contributed by atoms with E-state index in [1.807, 2.05) is 37.4 Å². The molecule has 3 heterocycles. The number of pyridine rings is 1. The molecule has 0 aliphatic carbocycles. The van der Waals surface area contributed by atoms with Gasteiger partial charge in [0.25, 0.3) is 0 Å². The molecule has 1 saturated heterocycles. The van der Waals surface area contributed by atoms with Gasteiger partial charge in [0.1, 0.15) is 11.9 Å². The molecule has 1 unspecified atom stereocenters. The van der Waals surface area contributed by atoms with Crippen LogP contribution in [0.15, 0.2) is 48.7 Å². The minimum atomic E-state index is -0.190. The van der Waals surface area contributed by atoms with Gasteiger partial charge in [-0.1, -0.05) is 24.3 Å². The van der Waals surface area contributed by atoms with E-state index in [2.05, 4.69) is 9.88 Å². The van der Waals surface area contributed by atoms with Gasteiger partial charge in [0.2, 0.25) is 0 Å². The second-order valence-electron chi connectivity index (χ2n) is 6.76. The Kier molecular flexibility index (Phi) is 5.57. The summed E-state index contributed by atoms with van der Waals surface area (Å²) in [4.78, 5) is 12.7. The summed E-state index contributed by atoms with van der Waals surface area (Å²) in [6.07, 6.45) is 2.38. The van der Waals surface area contributed by atoms with Crippen LogP contribution in [-0.2, 0) is 17.7 Å². The molecule has 27 heavy (non-hydrogen) atoms. The lowest BCUT2D eigenvalue weighted by Crippen LogP contribution is -2.38. The summed E-state index contributed by atoms with van der Waals surface area (Å²) in [5.41, 5.74) is 2.43. The predicted octanol–water partition coefficient (Wildman–Crippen LogP) is 4.15. The maximum atomic E-state index is 13.9. The molecule has 0 bridgehead atoms. The Morgan fingerprint density at radius 1 is 1.22 bits per heavy atom. The van der Waals surface area contributed by atoms with Gasteiger partial charge in [0.05, 0.1) is 17.3 Å². The first-order chi connectivity index (χ1) is 13.2. The molecule has 6 heteroatoms. The molecule has 1 aliphatic rings. The first-order valence-corrected chi connectivity index (χ1v) is 9.93. The second-order valence-corrected chi connectivity index (χ2v) is 8.08. The number of thiazole rings is 1. The molecule has 3 aromatic rings. The Morgan fingerprint density at radius 2 is 2.11 bits per heavy atom. The fourth-order valence-corrected chi connectivity index (χ4v) is 4.17. The summed E-state index contributed by atoms with van der Waals surface area (Å²) >= 11 is 1.74. The van der Waals surface area contributed by atoms with Crippen molar-refractivity contribution < 1.29 is 9.13 Å². The average Bonchev–Trinajstić information content (AvgIpc) is 3.09. The highest BCUT2D eigenvalue weighted by Gasteiger charge is 2.23. The molecule has 0 N–H and O–H groups in total. The minimum absolute atomic E-state index is 0.0617. The maximum absolute atomic E-state index is 13.9. The van der Waals surface area contributed by atoms with Crippen LogP contribution in [0.1, 0.15) is 32.9 Å². The van der Waals surface area contributed by atoms with Crippen molar-refractivity contribution >= 4 is 11.3 Å². The van der Waals surface area contributed by atoms with Crippen LogP contribution in [0.2, 0.25) is 0 Å². The average molecular weight is 383 g/mol. The molecule has 0 amide bonds. The first kappa shape index (κ1) is 18.2. The van der Waals surface area contributed by atoms with Gasteiger partial charge >= 0.3 is 0 Å². The number of hydrogen-bond acceptors (Lipinski definition) is 5. The smallest absolute Gasteiger partial charge is 0.126 e.